The van der Waals surface area contributed by atoms with E-state index in [4.69, 9.17) is 9.47 Å². The van der Waals surface area contributed by atoms with Crippen LogP contribution in [-0.2, 0) is 9.47 Å². The standard InChI is InChI=1S/C32H56O3/c1-7-8-20-34-30(33)35-25-16-18-31(5)24(21-25)12-13-26-28-15-14-27(23(4)11-9-10-22(2)3)32(28,6)19-17-29(26)31/h22-29H,7-21H2,1-6H3/t23-,24?,25+,26+,27-,28+,29+,31+,32-/m1/s1. The van der Waals surface area contributed by atoms with Gasteiger partial charge in [-0.2, -0.15) is 0 Å². The van der Waals surface area contributed by atoms with Crippen LogP contribution < -0.4 is 0 Å². The Kier molecular flexibility index (Phi) is 8.85. The van der Waals surface area contributed by atoms with Crippen LogP contribution in [0.1, 0.15) is 131 Å². The van der Waals surface area contributed by atoms with Crippen molar-refractivity contribution in [1.82, 2.24) is 0 Å². The van der Waals surface area contributed by atoms with Crippen LogP contribution in [0.4, 0.5) is 4.79 Å². The Morgan fingerprint density at radius 1 is 0.886 bits per heavy atom. The molecule has 4 aliphatic carbocycles. The van der Waals surface area contributed by atoms with Crippen molar-refractivity contribution in [3.63, 3.8) is 0 Å². The van der Waals surface area contributed by atoms with Crippen LogP contribution in [0.3, 0.4) is 0 Å². The van der Waals surface area contributed by atoms with Gasteiger partial charge < -0.3 is 9.47 Å². The topological polar surface area (TPSA) is 35.5 Å². The molecule has 1 unspecified atom stereocenters. The van der Waals surface area contributed by atoms with Gasteiger partial charge in [0.2, 0.25) is 0 Å². The van der Waals surface area contributed by atoms with Crippen LogP contribution >= 0.6 is 0 Å². The van der Waals surface area contributed by atoms with Gasteiger partial charge in [-0.1, -0.05) is 67.2 Å². The van der Waals surface area contributed by atoms with Crippen LogP contribution in [-0.4, -0.2) is 18.9 Å². The molecule has 0 aromatic carbocycles. The first-order chi connectivity index (χ1) is 16.7. The van der Waals surface area contributed by atoms with Crippen LogP contribution in [0.15, 0.2) is 0 Å². The number of hydrogen-bond donors (Lipinski definition) is 0. The molecule has 0 heterocycles. The lowest BCUT2D eigenvalue weighted by Gasteiger charge is -2.61. The van der Waals surface area contributed by atoms with Gasteiger partial charge in [0, 0.05) is 0 Å². The minimum Gasteiger partial charge on any atom is -0.434 e. The number of hydrogen-bond acceptors (Lipinski definition) is 3. The number of fused-ring (bicyclic) bond motifs is 5. The van der Waals surface area contributed by atoms with Gasteiger partial charge in [-0.15, -0.1) is 0 Å². The van der Waals surface area contributed by atoms with E-state index in [0.717, 1.165) is 61.2 Å². The summed E-state index contributed by atoms with van der Waals surface area (Å²) in [6.45, 7) is 15.2. The van der Waals surface area contributed by atoms with Gasteiger partial charge >= 0.3 is 6.16 Å². The summed E-state index contributed by atoms with van der Waals surface area (Å²) in [4.78, 5) is 12.2. The third-order valence-corrected chi connectivity index (χ3v) is 11.8. The van der Waals surface area contributed by atoms with Crippen LogP contribution in [0, 0.1) is 52.3 Å². The number of carbonyl (C=O) groups is 1. The molecule has 9 atom stereocenters. The molecule has 0 aromatic rings. The van der Waals surface area contributed by atoms with Gasteiger partial charge in [-0.3, -0.25) is 0 Å². The Labute approximate surface area is 216 Å². The van der Waals surface area contributed by atoms with Crippen molar-refractivity contribution >= 4 is 6.16 Å². The summed E-state index contributed by atoms with van der Waals surface area (Å²) in [7, 11) is 0. The average molecular weight is 489 g/mol. The summed E-state index contributed by atoms with van der Waals surface area (Å²) in [6.07, 6.45) is 17.7. The van der Waals surface area contributed by atoms with Crippen molar-refractivity contribution < 1.29 is 14.3 Å². The predicted octanol–water partition coefficient (Wildman–Crippen LogP) is 9.43. The second kappa shape index (κ2) is 11.3. The predicted molar refractivity (Wildman–Crippen MR) is 144 cm³/mol. The van der Waals surface area contributed by atoms with Crippen molar-refractivity contribution in [3.8, 4) is 0 Å². The summed E-state index contributed by atoms with van der Waals surface area (Å²) < 4.78 is 11.1. The van der Waals surface area contributed by atoms with Gasteiger partial charge in [0.1, 0.15) is 6.10 Å². The molecular weight excluding hydrogens is 432 g/mol. The molecular formula is C32H56O3. The molecule has 0 bridgehead atoms. The lowest BCUT2D eigenvalue weighted by Crippen LogP contribution is -2.54. The molecule has 0 radical (unpaired) electrons. The molecule has 35 heavy (non-hydrogen) atoms. The Balaban J connectivity index is 1.35. The third kappa shape index (κ3) is 5.59. The second-order valence-electron chi connectivity index (χ2n) is 14.2. The van der Waals surface area contributed by atoms with Gasteiger partial charge in [-0.25, -0.2) is 4.79 Å². The molecule has 0 aliphatic heterocycles. The third-order valence-electron chi connectivity index (χ3n) is 11.8. The number of unbranched alkanes of at least 4 members (excludes halogenated alkanes) is 1. The zero-order chi connectivity index (χ0) is 25.2. The van der Waals surface area contributed by atoms with Gasteiger partial charge in [-0.05, 0) is 116 Å². The fourth-order valence-electron chi connectivity index (χ4n) is 9.82. The Morgan fingerprint density at radius 2 is 1.63 bits per heavy atom. The first-order valence-electron chi connectivity index (χ1n) is 15.5. The molecule has 3 heteroatoms. The smallest absolute Gasteiger partial charge is 0.434 e. The van der Waals surface area contributed by atoms with Crippen LogP contribution in [0.25, 0.3) is 0 Å². The fourth-order valence-corrected chi connectivity index (χ4v) is 9.82. The van der Waals surface area contributed by atoms with Crippen molar-refractivity contribution in [1.29, 1.82) is 0 Å². The first-order valence-corrected chi connectivity index (χ1v) is 15.5. The second-order valence-corrected chi connectivity index (χ2v) is 14.2. The highest BCUT2D eigenvalue weighted by Gasteiger charge is 2.60. The maximum absolute atomic E-state index is 12.2. The summed E-state index contributed by atoms with van der Waals surface area (Å²) in [5.41, 5.74) is 1.02. The molecule has 4 fully saturated rings. The summed E-state index contributed by atoms with van der Waals surface area (Å²) in [5, 5.41) is 0. The van der Waals surface area contributed by atoms with E-state index < -0.39 is 6.16 Å². The normalized spacial score (nSPS) is 41.6. The quantitative estimate of drug-likeness (QED) is 0.239. The van der Waals surface area contributed by atoms with Gasteiger partial charge in [0.25, 0.3) is 0 Å². The molecule has 4 aliphatic rings. The van der Waals surface area contributed by atoms with E-state index >= 15 is 0 Å². The molecule has 0 N–H and O–H groups in total. The zero-order valence-electron chi connectivity index (χ0n) is 24.0. The molecule has 0 amide bonds. The van der Waals surface area contributed by atoms with Crippen molar-refractivity contribution in [3.05, 3.63) is 0 Å². The van der Waals surface area contributed by atoms with Crippen molar-refractivity contribution in [2.45, 2.75) is 138 Å². The largest absolute Gasteiger partial charge is 0.508 e. The Hall–Kier alpha value is -0.730. The fraction of sp³-hybridized carbons (Fsp3) is 0.969. The van der Waals surface area contributed by atoms with Gasteiger partial charge in [0.05, 0.1) is 6.61 Å². The lowest BCUT2D eigenvalue weighted by atomic mass is 9.44. The molecule has 0 saturated heterocycles. The highest BCUT2D eigenvalue weighted by atomic mass is 16.7. The minimum absolute atomic E-state index is 0.0650. The SMILES string of the molecule is CCCCOC(=O)O[C@H]1CC[C@@]2(C)C(CC[C@H]3[C@@H]4CC[C@H]([C@H](C)CCCC(C)C)[C@@]4(C)CC[C@@H]32)C1. The van der Waals surface area contributed by atoms with E-state index in [1.165, 1.54) is 64.2 Å². The molecule has 0 spiro atoms. The number of rotatable bonds is 9. The minimum atomic E-state index is -0.436. The molecule has 202 valence electrons. The van der Waals surface area contributed by atoms with Crippen LogP contribution in [0.5, 0.6) is 0 Å². The Morgan fingerprint density at radius 3 is 2.37 bits per heavy atom. The molecule has 0 aromatic heterocycles. The molecule has 4 saturated carbocycles. The number of ether oxygens (including phenoxy) is 2. The number of carbonyl (C=O) groups excluding carboxylic acids is 1. The van der Waals surface area contributed by atoms with E-state index in [1.54, 1.807) is 0 Å². The summed E-state index contributed by atoms with van der Waals surface area (Å²) in [5.74, 6) is 6.13. The van der Waals surface area contributed by atoms with Crippen molar-refractivity contribution in [2.24, 2.45) is 52.3 Å². The molecule has 4 rings (SSSR count). The van der Waals surface area contributed by atoms with E-state index in [2.05, 4.69) is 41.5 Å². The van der Waals surface area contributed by atoms with Crippen LogP contribution in [0.2, 0.25) is 0 Å². The zero-order valence-corrected chi connectivity index (χ0v) is 24.0. The van der Waals surface area contributed by atoms with E-state index in [0.29, 0.717) is 23.4 Å². The van der Waals surface area contributed by atoms with Gasteiger partial charge in [0.15, 0.2) is 0 Å². The highest BCUT2D eigenvalue weighted by molar-refractivity contribution is 5.60. The van der Waals surface area contributed by atoms with Crippen molar-refractivity contribution in [2.75, 3.05) is 6.61 Å². The monoisotopic (exact) mass is 488 g/mol. The first kappa shape index (κ1) is 27.3. The summed E-state index contributed by atoms with van der Waals surface area (Å²) >= 11 is 0. The molecule has 3 nitrogen and oxygen atoms in total. The average Bonchev–Trinajstić information content (AvgIpc) is 3.16. The highest BCUT2D eigenvalue weighted by Crippen LogP contribution is 2.68. The summed E-state index contributed by atoms with van der Waals surface area (Å²) in [6, 6.07) is 0. The maximum Gasteiger partial charge on any atom is 0.508 e. The van der Waals surface area contributed by atoms with E-state index in [1.807, 2.05) is 0 Å². The van der Waals surface area contributed by atoms with E-state index in [-0.39, 0.29) is 6.10 Å². The Bertz CT molecular complexity index is 703. The lowest BCUT2D eigenvalue weighted by molar-refractivity contribution is -0.132. The van der Waals surface area contributed by atoms with E-state index in [9.17, 15) is 4.79 Å². The maximum atomic E-state index is 12.2.